The number of nitrogens with two attached hydrogens (primary N) is 1. The molecular weight excluding hydrogens is 236 g/mol. The lowest BCUT2D eigenvalue weighted by molar-refractivity contribution is 0.580. The number of benzene rings is 1. The van der Waals surface area contributed by atoms with Gasteiger partial charge in [-0.05, 0) is 25.5 Å². The lowest BCUT2D eigenvalue weighted by Gasteiger charge is -2.15. The fourth-order valence-electron chi connectivity index (χ4n) is 1.36. The van der Waals surface area contributed by atoms with Gasteiger partial charge in [0, 0.05) is 11.6 Å². The van der Waals surface area contributed by atoms with Crippen LogP contribution in [0, 0.1) is 5.82 Å². The third-order valence-corrected chi connectivity index (χ3v) is 2.84. The highest BCUT2D eigenvalue weighted by atomic mass is 35.5. The molecule has 0 saturated heterocycles. The average molecular weight is 248 g/mol. The highest BCUT2D eigenvalue weighted by Crippen LogP contribution is 2.33. The van der Waals surface area contributed by atoms with Crippen LogP contribution in [0.5, 0.6) is 0 Å². The maximum Gasteiger partial charge on any atom is 0.129 e. The van der Waals surface area contributed by atoms with Crippen LogP contribution in [-0.2, 0) is 0 Å². The fourth-order valence-corrected chi connectivity index (χ4v) is 1.82. The van der Waals surface area contributed by atoms with E-state index in [4.69, 9.17) is 28.9 Å². The van der Waals surface area contributed by atoms with Crippen molar-refractivity contribution in [3.63, 3.8) is 0 Å². The second kappa shape index (κ2) is 4.97. The molecule has 0 fully saturated rings. The topological polar surface area (TPSA) is 26.0 Å². The van der Waals surface area contributed by atoms with Crippen molar-refractivity contribution in [1.29, 1.82) is 0 Å². The predicted molar refractivity (Wildman–Crippen MR) is 62.8 cm³/mol. The largest absolute Gasteiger partial charge is 0.324 e. The third-order valence-electron chi connectivity index (χ3n) is 2.02. The predicted octanol–water partition coefficient (Wildman–Crippen LogP) is 4.10. The molecule has 0 radical (unpaired) electrons. The van der Waals surface area contributed by atoms with Crippen LogP contribution in [0.15, 0.2) is 24.3 Å². The van der Waals surface area contributed by atoms with Crippen LogP contribution >= 0.6 is 23.2 Å². The molecule has 1 aromatic rings. The van der Waals surface area contributed by atoms with E-state index in [0.717, 1.165) is 5.57 Å². The van der Waals surface area contributed by atoms with E-state index >= 15 is 0 Å². The van der Waals surface area contributed by atoms with Crippen molar-refractivity contribution in [2.45, 2.75) is 19.4 Å². The smallest absolute Gasteiger partial charge is 0.129 e. The number of rotatable bonds is 3. The highest BCUT2D eigenvalue weighted by molar-refractivity contribution is 6.42. The van der Waals surface area contributed by atoms with Crippen LogP contribution in [-0.4, -0.2) is 0 Å². The maximum atomic E-state index is 13.5. The molecule has 1 atom stereocenters. The zero-order chi connectivity index (χ0) is 11.6. The van der Waals surface area contributed by atoms with Gasteiger partial charge in [0.05, 0.1) is 10.0 Å². The summed E-state index contributed by atoms with van der Waals surface area (Å²) in [4.78, 5) is 0. The number of hydrogen-bond donors (Lipinski definition) is 1. The van der Waals surface area contributed by atoms with Crippen molar-refractivity contribution in [3.05, 3.63) is 45.7 Å². The number of halogens is 3. The Morgan fingerprint density at radius 3 is 2.67 bits per heavy atom. The number of hydrogen-bond acceptors (Lipinski definition) is 1. The maximum absolute atomic E-state index is 13.5. The van der Waals surface area contributed by atoms with E-state index in [1.165, 1.54) is 12.1 Å². The summed E-state index contributed by atoms with van der Waals surface area (Å²) in [6.45, 7) is 5.55. The molecule has 0 spiro atoms. The van der Waals surface area contributed by atoms with Crippen LogP contribution in [0.1, 0.15) is 24.9 Å². The summed E-state index contributed by atoms with van der Waals surface area (Å²) < 4.78 is 13.5. The molecule has 4 heteroatoms. The van der Waals surface area contributed by atoms with Crippen LogP contribution in [0.4, 0.5) is 4.39 Å². The molecule has 0 aliphatic carbocycles. The first-order valence-corrected chi connectivity index (χ1v) is 5.22. The summed E-state index contributed by atoms with van der Waals surface area (Å²) in [5.74, 6) is -0.432. The van der Waals surface area contributed by atoms with Crippen molar-refractivity contribution in [2.24, 2.45) is 5.73 Å². The Bertz CT molecular complexity index is 390. The van der Waals surface area contributed by atoms with E-state index in [2.05, 4.69) is 6.58 Å². The molecule has 1 nitrogen and oxygen atoms in total. The van der Waals surface area contributed by atoms with E-state index in [-0.39, 0.29) is 10.6 Å². The van der Waals surface area contributed by atoms with Gasteiger partial charge in [-0.25, -0.2) is 4.39 Å². The molecule has 82 valence electrons. The van der Waals surface area contributed by atoms with Crippen molar-refractivity contribution < 1.29 is 4.39 Å². The standard InChI is InChI=1S/C11H12Cl2FN/c1-6(2)5-9(15)10-8(14)4-3-7(12)11(10)13/h3-4,9H,1,5,15H2,2H3/t9-/m1/s1. The van der Waals surface area contributed by atoms with Gasteiger partial charge in [0.15, 0.2) is 0 Å². The molecule has 0 bridgehead atoms. The van der Waals surface area contributed by atoms with Crippen molar-refractivity contribution in [1.82, 2.24) is 0 Å². The third kappa shape index (κ3) is 2.94. The lowest BCUT2D eigenvalue weighted by atomic mass is 10.0. The molecule has 0 aliphatic rings. The van der Waals surface area contributed by atoms with Crippen LogP contribution in [0.2, 0.25) is 10.0 Å². The van der Waals surface area contributed by atoms with Gasteiger partial charge in [0.25, 0.3) is 0 Å². The van der Waals surface area contributed by atoms with Gasteiger partial charge in [0.2, 0.25) is 0 Å². The molecule has 0 aliphatic heterocycles. The molecule has 1 rings (SSSR count). The van der Waals surface area contributed by atoms with Crippen molar-refractivity contribution >= 4 is 23.2 Å². The van der Waals surface area contributed by atoms with Gasteiger partial charge < -0.3 is 5.73 Å². The normalized spacial score (nSPS) is 12.6. The Balaban J connectivity index is 3.12. The van der Waals surface area contributed by atoms with Crippen LogP contribution in [0.3, 0.4) is 0 Å². The van der Waals surface area contributed by atoms with Gasteiger partial charge in [0.1, 0.15) is 5.82 Å². The molecule has 0 heterocycles. The van der Waals surface area contributed by atoms with E-state index in [1.807, 2.05) is 6.92 Å². The Hall–Kier alpha value is -0.570. The molecule has 1 aromatic carbocycles. The summed E-state index contributed by atoms with van der Waals surface area (Å²) >= 11 is 11.7. The second-order valence-electron chi connectivity index (χ2n) is 3.52. The van der Waals surface area contributed by atoms with Gasteiger partial charge in [-0.15, -0.1) is 6.58 Å². The van der Waals surface area contributed by atoms with Gasteiger partial charge in [-0.2, -0.15) is 0 Å². The zero-order valence-corrected chi connectivity index (χ0v) is 9.87. The van der Waals surface area contributed by atoms with E-state index in [0.29, 0.717) is 11.4 Å². The highest BCUT2D eigenvalue weighted by Gasteiger charge is 2.17. The second-order valence-corrected chi connectivity index (χ2v) is 4.31. The summed E-state index contributed by atoms with van der Waals surface area (Å²) in [7, 11) is 0. The van der Waals surface area contributed by atoms with Crippen LogP contribution in [0.25, 0.3) is 0 Å². The molecule has 0 aromatic heterocycles. The van der Waals surface area contributed by atoms with Gasteiger partial charge in [-0.3, -0.25) is 0 Å². The Kier molecular flexibility index (Phi) is 4.14. The van der Waals surface area contributed by atoms with Gasteiger partial charge in [-0.1, -0.05) is 28.8 Å². The zero-order valence-electron chi connectivity index (χ0n) is 8.36. The molecule has 0 saturated carbocycles. The summed E-state index contributed by atoms with van der Waals surface area (Å²) in [5, 5.41) is 0.496. The fraction of sp³-hybridized carbons (Fsp3) is 0.273. The van der Waals surface area contributed by atoms with E-state index < -0.39 is 11.9 Å². The van der Waals surface area contributed by atoms with E-state index in [9.17, 15) is 4.39 Å². The van der Waals surface area contributed by atoms with E-state index in [1.54, 1.807) is 0 Å². The molecule has 0 unspecified atom stereocenters. The lowest BCUT2D eigenvalue weighted by Crippen LogP contribution is -2.13. The summed E-state index contributed by atoms with van der Waals surface area (Å²) in [5.41, 5.74) is 6.95. The summed E-state index contributed by atoms with van der Waals surface area (Å²) in [6, 6.07) is 2.17. The Morgan fingerprint density at radius 1 is 1.53 bits per heavy atom. The first kappa shape index (κ1) is 12.5. The SMILES string of the molecule is C=C(C)C[C@@H](N)c1c(F)ccc(Cl)c1Cl. The Morgan fingerprint density at radius 2 is 2.13 bits per heavy atom. The molecule has 0 amide bonds. The monoisotopic (exact) mass is 247 g/mol. The minimum absolute atomic E-state index is 0.186. The molecule has 2 N–H and O–H groups in total. The van der Waals surface area contributed by atoms with Crippen LogP contribution < -0.4 is 5.73 Å². The molecular formula is C11H12Cl2FN. The Labute approximate surface area is 98.7 Å². The minimum atomic E-state index is -0.506. The average Bonchev–Trinajstić information content (AvgIpc) is 2.11. The van der Waals surface area contributed by atoms with Crippen molar-refractivity contribution in [3.8, 4) is 0 Å². The minimum Gasteiger partial charge on any atom is -0.324 e. The first-order valence-electron chi connectivity index (χ1n) is 4.46. The quantitative estimate of drug-likeness (QED) is 0.632. The first-order chi connectivity index (χ1) is 6.93. The van der Waals surface area contributed by atoms with Gasteiger partial charge >= 0.3 is 0 Å². The molecule has 15 heavy (non-hydrogen) atoms. The van der Waals surface area contributed by atoms with Crippen molar-refractivity contribution in [2.75, 3.05) is 0 Å². The summed E-state index contributed by atoms with van der Waals surface area (Å²) in [6.07, 6.45) is 0.483.